The lowest BCUT2D eigenvalue weighted by Gasteiger charge is -2.20. The maximum Gasteiger partial charge on any atom is 0.165 e. The fourth-order valence-corrected chi connectivity index (χ4v) is 3.50. The number of benzene rings is 1. The quantitative estimate of drug-likeness (QED) is 0.941. The summed E-state index contributed by atoms with van der Waals surface area (Å²) in [7, 11) is 1.47. The largest absolute Gasteiger partial charge is 0.494 e. The molecule has 1 N–H and O–H groups in total. The third kappa shape index (κ3) is 2.69. The maximum atomic E-state index is 13.7. The molecule has 1 saturated heterocycles. The first kappa shape index (κ1) is 13.5. The molecule has 1 aliphatic rings. The summed E-state index contributed by atoms with van der Waals surface area (Å²) >= 11 is 1.67. The number of hydrogen-bond donors (Lipinski definition) is 1. The van der Waals surface area contributed by atoms with Crippen molar-refractivity contribution in [1.29, 1.82) is 0 Å². The van der Waals surface area contributed by atoms with Gasteiger partial charge in [0.1, 0.15) is 0 Å². The van der Waals surface area contributed by atoms with Crippen LogP contribution in [-0.4, -0.2) is 25.2 Å². The van der Waals surface area contributed by atoms with Crippen molar-refractivity contribution < 1.29 is 9.13 Å². The van der Waals surface area contributed by atoms with E-state index >= 15 is 0 Å². The first-order valence-corrected chi connectivity index (χ1v) is 7.66. The highest BCUT2D eigenvalue weighted by atomic mass is 32.1. The summed E-state index contributed by atoms with van der Waals surface area (Å²) < 4.78 is 18.7. The molecule has 0 unspecified atom stereocenters. The zero-order valence-electron chi connectivity index (χ0n) is 11.4. The Bertz CT molecular complexity index is 593. The van der Waals surface area contributed by atoms with E-state index in [1.54, 1.807) is 17.4 Å². The summed E-state index contributed by atoms with van der Waals surface area (Å²) in [6, 6.07) is 4.98. The molecule has 2 heterocycles. The van der Waals surface area contributed by atoms with E-state index in [4.69, 9.17) is 4.74 Å². The molecular weight excluding hydrogens is 275 g/mol. The Morgan fingerprint density at radius 3 is 2.85 bits per heavy atom. The number of ether oxygens (including phenoxy) is 1. The summed E-state index contributed by atoms with van der Waals surface area (Å²) in [4.78, 5) is 4.68. The highest BCUT2D eigenvalue weighted by Crippen LogP contribution is 2.32. The van der Waals surface area contributed by atoms with Crippen molar-refractivity contribution in [3.8, 4) is 17.0 Å². The fourth-order valence-electron chi connectivity index (χ4n) is 2.50. The van der Waals surface area contributed by atoms with Crippen molar-refractivity contribution in [2.75, 3.05) is 20.2 Å². The highest BCUT2D eigenvalue weighted by molar-refractivity contribution is 7.10. The zero-order valence-corrected chi connectivity index (χ0v) is 12.2. The molecule has 1 fully saturated rings. The second-order valence-corrected chi connectivity index (χ2v) is 5.83. The Morgan fingerprint density at radius 2 is 2.15 bits per heavy atom. The van der Waals surface area contributed by atoms with E-state index in [0.717, 1.165) is 42.2 Å². The number of nitrogens with zero attached hydrogens (tertiary/aromatic N) is 1. The molecule has 0 spiro atoms. The van der Waals surface area contributed by atoms with Gasteiger partial charge in [0.25, 0.3) is 0 Å². The van der Waals surface area contributed by atoms with Crippen LogP contribution >= 0.6 is 11.3 Å². The number of halogens is 1. The minimum Gasteiger partial charge on any atom is -0.494 e. The van der Waals surface area contributed by atoms with Gasteiger partial charge < -0.3 is 10.1 Å². The van der Waals surface area contributed by atoms with Crippen LogP contribution in [0, 0.1) is 5.82 Å². The van der Waals surface area contributed by atoms with E-state index in [0.29, 0.717) is 5.92 Å². The van der Waals surface area contributed by atoms with Gasteiger partial charge >= 0.3 is 0 Å². The fraction of sp³-hybridized carbons (Fsp3) is 0.400. The summed E-state index contributed by atoms with van der Waals surface area (Å²) in [5.74, 6) is 0.460. The predicted octanol–water partition coefficient (Wildman–Crippen LogP) is 3.42. The molecule has 1 aromatic heterocycles. The molecule has 0 aliphatic carbocycles. The van der Waals surface area contributed by atoms with Gasteiger partial charge in [-0.05, 0) is 44.1 Å². The molecule has 3 rings (SSSR count). The van der Waals surface area contributed by atoms with Gasteiger partial charge in [-0.3, -0.25) is 0 Å². The molecule has 1 aliphatic heterocycles. The molecule has 0 bridgehead atoms. The van der Waals surface area contributed by atoms with Gasteiger partial charge in [0.05, 0.1) is 17.8 Å². The van der Waals surface area contributed by atoms with E-state index in [1.807, 2.05) is 11.4 Å². The minimum atomic E-state index is -0.346. The smallest absolute Gasteiger partial charge is 0.165 e. The first-order chi connectivity index (χ1) is 9.78. The lowest BCUT2D eigenvalue weighted by molar-refractivity contribution is 0.386. The third-order valence-electron chi connectivity index (χ3n) is 3.66. The van der Waals surface area contributed by atoms with Crippen LogP contribution in [-0.2, 0) is 0 Å². The molecule has 0 amide bonds. The van der Waals surface area contributed by atoms with E-state index in [-0.39, 0.29) is 11.6 Å². The second kappa shape index (κ2) is 5.89. The number of methoxy groups -OCH3 is 1. The van der Waals surface area contributed by atoms with Crippen LogP contribution < -0.4 is 10.1 Å². The molecule has 3 nitrogen and oxygen atoms in total. The molecule has 0 radical (unpaired) electrons. The zero-order chi connectivity index (χ0) is 13.9. The van der Waals surface area contributed by atoms with Crippen LogP contribution in [0.25, 0.3) is 11.3 Å². The Labute approximate surface area is 121 Å². The molecule has 0 saturated carbocycles. The summed E-state index contributed by atoms with van der Waals surface area (Å²) in [5.41, 5.74) is 1.66. The van der Waals surface area contributed by atoms with Gasteiger partial charge in [0.15, 0.2) is 11.6 Å². The average molecular weight is 292 g/mol. The lowest BCUT2D eigenvalue weighted by Crippen LogP contribution is -2.26. The molecule has 0 atom stereocenters. The first-order valence-electron chi connectivity index (χ1n) is 6.78. The predicted molar refractivity (Wildman–Crippen MR) is 78.9 cm³/mol. The standard InChI is InChI=1S/C15H17FN2OS/c1-19-14-3-2-11(8-12(14)16)13-9-20-15(18-13)10-4-6-17-7-5-10/h2-3,8-10,17H,4-7H2,1H3. The van der Waals surface area contributed by atoms with Crippen LogP contribution in [0.5, 0.6) is 5.75 Å². The number of piperidine rings is 1. The van der Waals surface area contributed by atoms with Gasteiger partial charge in [-0.2, -0.15) is 0 Å². The van der Waals surface area contributed by atoms with E-state index in [9.17, 15) is 4.39 Å². The maximum absolute atomic E-state index is 13.7. The van der Waals surface area contributed by atoms with E-state index in [1.165, 1.54) is 13.2 Å². The number of nitrogens with one attached hydrogen (secondary N) is 1. The number of hydrogen-bond acceptors (Lipinski definition) is 4. The SMILES string of the molecule is COc1ccc(-c2csc(C3CCNCC3)n2)cc1F. The molecule has 2 aromatic rings. The van der Waals surface area contributed by atoms with Gasteiger partial charge in [-0.1, -0.05) is 0 Å². The molecule has 106 valence electrons. The Hall–Kier alpha value is -1.46. The van der Waals surface area contributed by atoms with Crippen LogP contribution in [0.3, 0.4) is 0 Å². The van der Waals surface area contributed by atoms with Crippen LogP contribution in [0.1, 0.15) is 23.8 Å². The average Bonchev–Trinajstić information content (AvgIpc) is 2.98. The van der Waals surface area contributed by atoms with Gasteiger partial charge in [-0.15, -0.1) is 11.3 Å². The number of thiazole rings is 1. The van der Waals surface area contributed by atoms with Crippen LogP contribution in [0.4, 0.5) is 4.39 Å². The van der Waals surface area contributed by atoms with Gasteiger partial charge in [0.2, 0.25) is 0 Å². The normalized spacial score (nSPS) is 16.3. The van der Waals surface area contributed by atoms with E-state index in [2.05, 4.69) is 10.3 Å². The molecule has 1 aromatic carbocycles. The lowest BCUT2D eigenvalue weighted by atomic mass is 9.99. The summed E-state index contributed by atoms with van der Waals surface area (Å²) in [6.45, 7) is 2.10. The van der Waals surface area contributed by atoms with Crippen molar-refractivity contribution in [1.82, 2.24) is 10.3 Å². The number of aromatic nitrogens is 1. The Kier molecular flexibility index (Phi) is 3.98. The van der Waals surface area contributed by atoms with Crippen molar-refractivity contribution in [2.45, 2.75) is 18.8 Å². The summed E-state index contributed by atoms with van der Waals surface area (Å²) in [5, 5.41) is 6.53. The van der Waals surface area contributed by atoms with Crippen molar-refractivity contribution >= 4 is 11.3 Å². The Balaban J connectivity index is 1.84. The van der Waals surface area contributed by atoms with Gasteiger partial charge in [0, 0.05) is 16.9 Å². The topological polar surface area (TPSA) is 34.1 Å². The number of rotatable bonds is 3. The van der Waals surface area contributed by atoms with Crippen molar-refractivity contribution in [2.24, 2.45) is 0 Å². The van der Waals surface area contributed by atoms with Gasteiger partial charge in [-0.25, -0.2) is 9.37 Å². The highest BCUT2D eigenvalue weighted by Gasteiger charge is 2.19. The monoisotopic (exact) mass is 292 g/mol. The van der Waals surface area contributed by atoms with Crippen LogP contribution in [0.2, 0.25) is 0 Å². The summed E-state index contributed by atoms with van der Waals surface area (Å²) in [6.07, 6.45) is 2.26. The molecule has 20 heavy (non-hydrogen) atoms. The van der Waals surface area contributed by atoms with E-state index < -0.39 is 0 Å². The van der Waals surface area contributed by atoms with Crippen molar-refractivity contribution in [3.05, 3.63) is 34.4 Å². The molecular formula is C15H17FN2OS. The second-order valence-electron chi connectivity index (χ2n) is 4.94. The van der Waals surface area contributed by atoms with Crippen molar-refractivity contribution in [3.63, 3.8) is 0 Å². The third-order valence-corrected chi connectivity index (χ3v) is 4.67. The molecule has 5 heteroatoms. The minimum absolute atomic E-state index is 0.266. The van der Waals surface area contributed by atoms with Crippen LogP contribution in [0.15, 0.2) is 23.6 Å². The Morgan fingerprint density at radius 1 is 1.35 bits per heavy atom.